The average Bonchev–Trinajstić information content (AvgIpc) is 2.88. The van der Waals surface area contributed by atoms with Crippen LogP contribution in [0.4, 0.5) is 0 Å². The Morgan fingerprint density at radius 2 is 2.27 bits per heavy atom. The van der Waals surface area contributed by atoms with Gasteiger partial charge in [-0.1, -0.05) is 6.07 Å². The molecule has 2 heterocycles. The molecule has 0 radical (unpaired) electrons. The van der Waals surface area contributed by atoms with E-state index in [0.717, 1.165) is 34.2 Å². The highest BCUT2D eigenvalue weighted by Gasteiger charge is 2.26. The summed E-state index contributed by atoms with van der Waals surface area (Å²) in [4.78, 5) is 25.9. The number of hydrogen-bond donors (Lipinski definition) is 3. The molecule has 1 aromatic carbocycles. The Morgan fingerprint density at radius 3 is 3.05 bits per heavy atom. The number of nitrogens with one attached hydrogen (secondary N) is 3. The van der Waals surface area contributed by atoms with Gasteiger partial charge in [0.2, 0.25) is 11.5 Å². The van der Waals surface area contributed by atoms with Gasteiger partial charge in [0.05, 0.1) is 18.6 Å². The van der Waals surface area contributed by atoms with E-state index < -0.39 is 0 Å². The van der Waals surface area contributed by atoms with Crippen LogP contribution < -0.4 is 20.9 Å². The first-order valence-electron chi connectivity index (χ1n) is 7.32. The Kier molecular flexibility index (Phi) is 3.85. The van der Waals surface area contributed by atoms with Crippen LogP contribution in [-0.4, -0.2) is 37.1 Å². The van der Waals surface area contributed by atoms with E-state index in [1.807, 2.05) is 13.0 Å². The Bertz CT molecular complexity index is 782. The summed E-state index contributed by atoms with van der Waals surface area (Å²) in [7, 11) is 1.73. The number of amides is 1. The molecule has 0 aliphatic carbocycles. The molecule has 1 atom stereocenters. The van der Waals surface area contributed by atoms with Crippen LogP contribution in [-0.2, 0) is 11.2 Å². The molecule has 6 nitrogen and oxygen atoms in total. The summed E-state index contributed by atoms with van der Waals surface area (Å²) >= 11 is 0. The topological polar surface area (TPSA) is 83.2 Å². The number of fused-ring (bicyclic) bond motifs is 3. The molecule has 116 valence electrons. The van der Waals surface area contributed by atoms with E-state index in [2.05, 4.69) is 15.6 Å². The maximum Gasteiger partial charge on any atom is 0.248 e. The van der Waals surface area contributed by atoms with E-state index in [9.17, 15) is 9.59 Å². The Morgan fingerprint density at radius 1 is 1.45 bits per heavy atom. The molecule has 1 aliphatic rings. The van der Waals surface area contributed by atoms with Crippen molar-refractivity contribution in [3.05, 3.63) is 39.7 Å². The van der Waals surface area contributed by atoms with Crippen molar-refractivity contribution in [2.45, 2.75) is 19.4 Å². The average molecular weight is 301 g/mol. The number of pyridine rings is 1. The second-order valence-corrected chi connectivity index (χ2v) is 5.57. The molecular formula is C16H19N3O3. The maximum absolute atomic E-state index is 11.5. The standard InChI is InChI=1S/C16H19N3O3/c1-9-5-10-6-11(7-18-14(21)8-17-2)22-16(10)12-3-4-13(20)19-15(9)12/h3-5,11,17H,6-8H2,1-2H3,(H,18,21)(H,19,20). The van der Waals surface area contributed by atoms with E-state index in [0.29, 0.717) is 13.1 Å². The lowest BCUT2D eigenvalue weighted by Gasteiger charge is -2.12. The van der Waals surface area contributed by atoms with Crippen molar-refractivity contribution in [3.8, 4) is 5.75 Å². The van der Waals surface area contributed by atoms with Crippen LogP contribution in [0.2, 0.25) is 0 Å². The van der Waals surface area contributed by atoms with Gasteiger partial charge >= 0.3 is 0 Å². The van der Waals surface area contributed by atoms with Crippen molar-refractivity contribution in [1.29, 1.82) is 0 Å². The second kappa shape index (κ2) is 5.81. The summed E-state index contributed by atoms with van der Waals surface area (Å²) in [6, 6.07) is 5.35. The molecular weight excluding hydrogens is 282 g/mol. The van der Waals surface area contributed by atoms with Crippen LogP contribution in [0.5, 0.6) is 5.75 Å². The van der Waals surface area contributed by atoms with Crippen molar-refractivity contribution in [2.75, 3.05) is 20.1 Å². The van der Waals surface area contributed by atoms with Gasteiger partial charge in [0, 0.05) is 17.9 Å². The fourth-order valence-electron chi connectivity index (χ4n) is 2.86. The minimum absolute atomic E-state index is 0.0487. The number of likely N-dealkylation sites (N-methyl/N-ethyl adjacent to an activating group) is 1. The molecule has 1 aliphatic heterocycles. The van der Waals surface area contributed by atoms with Crippen molar-refractivity contribution in [1.82, 2.24) is 15.6 Å². The summed E-state index contributed by atoms with van der Waals surface area (Å²) < 4.78 is 5.99. The highest BCUT2D eigenvalue weighted by molar-refractivity contribution is 5.89. The zero-order chi connectivity index (χ0) is 15.7. The lowest BCUT2D eigenvalue weighted by Crippen LogP contribution is -2.38. The van der Waals surface area contributed by atoms with Gasteiger partial charge in [0.25, 0.3) is 0 Å². The van der Waals surface area contributed by atoms with Crippen molar-refractivity contribution in [2.24, 2.45) is 0 Å². The summed E-state index contributed by atoms with van der Waals surface area (Å²) in [5.74, 6) is 0.761. The van der Waals surface area contributed by atoms with Gasteiger partial charge in [0.1, 0.15) is 11.9 Å². The summed E-state index contributed by atoms with van der Waals surface area (Å²) in [5, 5.41) is 6.57. The first-order valence-corrected chi connectivity index (χ1v) is 7.32. The predicted octanol–water partition coefficient (Wildman–Crippen LogP) is 0.476. The molecule has 3 rings (SSSR count). The number of hydrogen-bond acceptors (Lipinski definition) is 4. The number of carbonyl (C=O) groups excluding carboxylic acids is 1. The van der Waals surface area contributed by atoms with Crippen LogP contribution in [0.15, 0.2) is 23.0 Å². The van der Waals surface area contributed by atoms with Gasteiger partial charge in [-0.25, -0.2) is 0 Å². The number of aryl methyl sites for hydroxylation is 1. The van der Waals surface area contributed by atoms with Crippen molar-refractivity contribution in [3.63, 3.8) is 0 Å². The number of rotatable bonds is 4. The third-order valence-corrected chi connectivity index (χ3v) is 3.84. The van der Waals surface area contributed by atoms with E-state index in [1.165, 1.54) is 6.07 Å². The van der Waals surface area contributed by atoms with E-state index in [-0.39, 0.29) is 17.6 Å². The van der Waals surface area contributed by atoms with E-state index in [1.54, 1.807) is 13.1 Å². The SMILES string of the molecule is CNCC(=O)NCC1Cc2cc(C)c3[nH]c(=O)ccc3c2O1. The zero-order valence-corrected chi connectivity index (χ0v) is 12.7. The summed E-state index contributed by atoms with van der Waals surface area (Å²) in [6.07, 6.45) is 0.679. The predicted molar refractivity (Wildman–Crippen MR) is 84.4 cm³/mol. The Balaban J connectivity index is 1.83. The van der Waals surface area contributed by atoms with Gasteiger partial charge in [-0.05, 0) is 31.2 Å². The minimum atomic E-state index is -0.121. The number of ether oxygens (including phenoxy) is 1. The highest BCUT2D eigenvalue weighted by Crippen LogP contribution is 2.36. The molecule has 1 unspecified atom stereocenters. The molecule has 0 fully saturated rings. The van der Waals surface area contributed by atoms with Crippen LogP contribution in [0, 0.1) is 6.92 Å². The number of H-pyrrole nitrogens is 1. The van der Waals surface area contributed by atoms with Crippen LogP contribution in [0.25, 0.3) is 10.9 Å². The number of aromatic amines is 1. The quantitative estimate of drug-likeness (QED) is 0.767. The number of aromatic nitrogens is 1. The molecule has 1 amide bonds. The monoisotopic (exact) mass is 301 g/mol. The molecule has 0 saturated carbocycles. The van der Waals surface area contributed by atoms with Crippen LogP contribution >= 0.6 is 0 Å². The van der Waals surface area contributed by atoms with Gasteiger partial charge < -0.3 is 20.4 Å². The lowest BCUT2D eigenvalue weighted by molar-refractivity contribution is -0.120. The fourth-order valence-corrected chi connectivity index (χ4v) is 2.86. The van der Waals surface area contributed by atoms with Gasteiger partial charge in [-0.2, -0.15) is 0 Å². The molecule has 0 saturated heterocycles. The maximum atomic E-state index is 11.5. The fraction of sp³-hybridized carbons (Fsp3) is 0.375. The molecule has 0 bridgehead atoms. The zero-order valence-electron chi connectivity index (χ0n) is 12.7. The lowest BCUT2D eigenvalue weighted by atomic mass is 10.0. The molecule has 1 aromatic heterocycles. The summed E-state index contributed by atoms with van der Waals surface area (Å²) in [6.45, 7) is 2.74. The second-order valence-electron chi connectivity index (χ2n) is 5.57. The minimum Gasteiger partial charge on any atom is -0.487 e. The van der Waals surface area contributed by atoms with E-state index >= 15 is 0 Å². The number of benzene rings is 1. The van der Waals surface area contributed by atoms with Gasteiger partial charge in [-0.3, -0.25) is 9.59 Å². The van der Waals surface area contributed by atoms with Gasteiger partial charge in [-0.15, -0.1) is 0 Å². The Hall–Kier alpha value is -2.34. The summed E-state index contributed by atoms with van der Waals surface area (Å²) in [5.41, 5.74) is 2.83. The normalized spacial score (nSPS) is 16.4. The van der Waals surface area contributed by atoms with Crippen molar-refractivity contribution >= 4 is 16.8 Å². The third-order valence-electron chi connectivity index (χ3n) is 3.84. The molecule has 3 N–H and O–H groups in total. The third kappa shape index (κ3) is 2.69. The van der Waals surface area contributed by atoms with Gasteiger partial charge in [0.15, 0.2) is 0 Å². The van der Waals surface area contributed by atoms with Crippen molar-refractivity contribution < 1.29 is 9.53 Å². The van der Waals surface area contributed by atoms with Crippen LogP contribution in [0.3, 0.4) is 0 Å². The first kappa shape index (κ1) is 14.6. The molecule has 0 spiro atoms. The molecule has 6 heteroatoms. The molecule has 2 aromatic rings. The number of carbonyl (C=O) groups is 1. The van der Waals surface area contributed by atoms with Crippen LogP contribution in [0.1, 0.15) is 11.1 Å². The first-order chi connectivity index (χ1) is 10.6. The smallest absolute Gasteiger partial charge is 0.248 e. The van der Waals surface area contributed by atoms with E-state index in [4.69, 9.17) is 4.74 Å². The molecule has 22 heavy (non-hydrogen) atoms. The Labute approximate surface area is 127 Å². The largest absolute Gasteiger partial charge is 0.487 e. The highest BCUT2D eigenvalue weighted by atomic mass is 16.5.